The van der Waals surface area contributed by atoms with Crippen LogP contribution in [0.15, 0.2) is 30.3 Å². The molecule has 1 heterocycles. The van der Waals surface area contributed by atoms with Gasteiger partial charge >= 0.3 is 0 Å². The minimum atomic E-state index is -0.644. The zero-order chi connectivity index (χ0) is 13.1. The maximum absolute atomic E-state index is 13.8. The van der Waals surface area contributed by atoms with Crippen molar-refractivity contribution in [2.45, 2.75) is 6.92 Å². The van der Waals surface area contributed by atoms with E-state index in [0.29, 0.717) is 17.2 Å². The van der Waals surface area contributed by atoms with Gasteiger partial charge in [-0.2, -0.15) is 0 Å². The van der Waals surface area contributed by atoms with E-state index in [-0.39, 0.29) is 5.69 Å². The Bertz CT molecular complexity index is 570. The van der Waals surface area contributed by atoms with Crippen LogP contribution in [0.5, 0.6) is 0 Å². The van der Waals surface area contributed by atoms with Gasteiger partial charge in [-0.15, -0.1) is 0 Å². The van der Waals surface area contributed by atoms with Crippen LogP contribution in [0, 0.1) is 18.6 Å². The lowest BCUT2D eigenvalue weighted by molar-refractivity contribution is 0.584. The number of hydrogen-bond donors (Lipinski definition) is 2. The van der Waals surface area contributed by atoms with Crippen LogP contribution in [0.2, 0.25) is 0 Å². The van der Waals surface area contributed by atoms with Crippen LogP contribution < -0.4 is 10.6 Å². The molecule has 94 valence electrons. The number of aromatic nitrogens is 1. The molecule has 2 N–H and O–H groups in total. The first-order valence-electron chi connectivity index (χ1n) is 5.48. The highest BCUT2D eigenvalue weighted by molar-refractivity contribution is 5.60. The predicted octanol–water partition coefficient (Wildman–Crippen LogP) is 3.45. The number of rotatable bonds is 3. The number of pyridine rings is 1. The van der Waals surface area contributed by atoms with E-state index in [4.69, 9.17) is 0 Å². The fourth-order valence-electron chi connectivity index (χ4n) is 1.54. The van der Waals surface area contributed by atoms with Gasteiger partial charge in [0.15, 0.2) is 5.82 Å². The maximum Gasteiger partial charge on any atom is 0.152 e. The van der Waals surface area contributed by atoms with E-state index in [1.807, 2.05) is 0 Å². The smallest absolute Gasteiger partial charge is 0.152 e. The minimum Gasteiger partial charge on any atom is -0.373 e. The number of halogens is 2. The molecule has 0 aliphatic rings. The second-order valence-electron chi connectivity index (χ2n) is 3.84. The molecule has 2 rings (SSSR count). The molecule has 0 saturated carbocycles. The van der Waals surface area contributed by atoms with E-state index >= 15 is 0 Å². The molecule has 0 aliphatic heterocycles. The summed E-state index contributed by atoms with van der Waals surface area (Å²) >= 11 is 0. The molecule has 0 aliphatic carbocycles. The molecule has 2 aromatic rings. The average molecular weight is 249 g/mol. The van der Waals surface area contributed by atoms with Gasteiger partial charge in [0.1, 0.15) is 23.1 Å². The molecule has 0 saturated heterocycles. The summed E-state index contributed by atoms with van der Waals surface area (Å²) in [4.78, 5) is 4.14. The molecular formula is C13H13F2N3. The van der Waals surface area contributed by atoms with Gasteiger partial charge in [-0.3, -0.25) is 0 Å². The lowest BCUT2D eigenvalue weighted by Gasteiger charge is -2.10. The first kappa shape index (κ1) is 12.3. The summed E-state index contributed by atoms with van der Waals surface area (Å²) < 4.78 is 27.3. The molecule has 1 aromatic heterocycles. The Hall–Kier alpha value is -2.17. The van der Waals surface area contributed by atoms with Crippen molar-refractivity contribution in [2.75, 3.05) is 17.7 Å². The summed E-state index contributed by atoms with van der Waals surface area (Å²) in [5, 5.41) is 5.51. The monoisotopic (exact) mass is 249 g/mol. The molecule has 1 aromatic carbocycles. The second-order valence-corrected chi connectivity index (χ2v) is 3.84. The zero-order valence-corrected chi connectivity index (χ0v) is 10.1. The summed E-state index contributed by atoms with van der Waals surface area (Å²) in [7, 11) is 1.72. The molecule has 0 radical (unpaired) electrons. The Labute approximate surface area is 104 Å². The van der Waals surface area contributed by atoms with E-state index in [9.17, 15) is 8.78 Å². The van der Waals surface area contributed by atoms with Crippen molar-refractivity contribution in [3.8, 4) is 0 Å². The number of nitrogens with one attached hydrogen (secondary N) is 2. The fraction of sp³-hybridized carbons (Fsp3) is 0.154. The summed E-state index contributed by atoms with van der Waals surface area (Å²) in [6, 6.07) is 7.76. The highest BCUT2D eigenvalue weighted by atomic mass is 19.1. The molecule has 0 spiro atoms. The van der Waals surface area contributed by atoms with Crippen LogP contribution in [0.25, 0.3) is 0 Å². The number of hydrogen-bond acceptors (Lipinski definition) is 3. The largest absolute Gasteiger partial charge is 0.373 e. The van der Waals surface area contributed by atoms with Crippen LogP contribution in [-0.4, -0.2) is 12.0 Å². The third kappa shape index (κ3) is 2.40. The van der Waals surface area contributed by atoms with Crippen molar-refractivity contribution in [1.29, 1.82) is 0 Å². The van der Waals surface area contributed by atoms with E-state index < -0.39 is 11.6 Å². The third-order valence-corrected chi connectivity index (χ3v) is 2.54. The molecule has 0 unspecified atom stereocenters. The van der Waals surface area contributed by atoms with Crippen molar-refractivity contribution in [3.63, 3.8) is 0 Å². The number of anilines is 3. The van der Waals surface area contributed by atoms with Crippen LogP contribution in [0.4, 0.5) is 26.1 Å². The standard InChI is InChI=1S/C13H13F2N3/c1-8-6-7-9(14)13(12(8)15)18-11-5-3-4-10(16-2)17-11/h3-7H,1-2H3,(H2,16,17,18). The second kappa shape index (κ2) is 5.00. The quantitative estimate of drug-likeness (QED) is 0.874. The Morgan fingerprint density at radius 2 is 1.78 bits per heavy atom. The maximum atomic E-state index is 13.8. The number of aryl methyl sites for hydroxylation is 1. The average Bonchev–Trinajstić information content (AvgIpc) is 2.39. The normalized spacial score (nSPS) is 10.2. The molecule has 0 atom stereocenters. The van der Waals surface area contributed by atoms with Gasteiger partial charge in [-0.25, -0.2) is 13.8 Å². The van der Waals surface area contributed by atoms with Gasteiger partial charge in [-0.05, 0) is 30.7 Å². The minimum absolute atomic E-state index is 0.184. The summed E-state index contributed by atoms with van der Waals surface area (Å²) in [6.07, 6.45) is 0. The lowest BCUT2D eigenvalue weighted by Crippen LogP contribution is -2.02. The van der Waals surface area contributed by atoms with Gasteiger partial charge in [0.05, 0.1) is 0 Å². The summed E-state index contributed by atoms with van der Waals surface area (Å²) in [6.45, 7) is 1.58. The van der Waals surface area contributed by atoms with Crippen molar-refractivity contribution < 1.29 is 8.78 Å². The van der Waals surface area contributed by atoms with E-state index in [1.54, 1.807) is 32.2 Å². The Kier molecular flexibility index (Phi) is 3.41. The first-order valence-corrected chi connectivity index (χ1v) is 5.48. The third-order valence-electron chi connectivity index (χ3n) is 2.54. The van der Waals surface area contributed by atoms with Gasteiger partial charge in [0.25, 0.3) is 0 Å². The Morgan fingerprint density at radius 1 is 1.06 bits per heavy atom. The molecule has 5 heteroatoms. The van der Waals surface area contributed by atoms with Crippen LogP contribution in [0.3, 0.4) is 0 Å². The summed E-state index contributed by atoms with van der Waals surface area (Å²) in [5.41, 5.74) is 0.194. The molecule has 18 heavy (non-hydrogen) atoms. The number of benzene rings is 1. The molecule has 0 fully saturated rings. The van der Waals surface area contributed by atoms with E-state index in [0.717, 1.165) is 0 Å². The van der Waals surface area contributed by atoms with Gasteiger partial charge in [-0.1, -0.05) is 12.1 Å². The number of nitrogens with zero attached hydrogens (tertiary/aromatic N) is 1. The zero-order valence-electron chi connectivity index (χ0n) is 10.1. The highest BCUT2D eigenvalue weighted by Crippen LogP contribution is 2.25. The van der Waals surface area contributed by atoms with Gasteiger partial charge in [0, 0.05) is 7.05 Å². The molecule has 0 bridgehead atoms. The lowest BCUT2D eigenvalue weighted by atomic mass is 10.2. The molecule has 0 amide bonds. The predicted molar refractivity (Wildman–Crippen MR) is 68.2 cm³/mol. The van der Waals surface area contributed by atoms with Gasteiger partial charge < -0.3 is 10.6 Å². The first-order chi connectivity index (χ1) is 8.61. The van der Waals surface area contributed by atoms with E-state index in [1.165, 1.54) is 12.1 Å². The topological polar surface area (TPSA) is 37.0 Å². The van der Waals surface area contributed by atoms with Crippen LogP contribution in [-0.2, 0) is 0 Å². The SMILES string of the molecule is CNc1cccc(Nc2c(F)ccc(C)c2F)n1. The summed E-state index contributed by atoms with van der Waals surface area (Å²) in [5.74, 6) is -0.250. The van der Waals surface area contributed by atoms with Crippen molar-refractivity contribution >= 4 is 17.3 Å². The Morgan fingerprint density at radius 3 is 2.50 bits per heavy atom. The van der Waals surface area contributed by atoms with Gasteiger partial charge in [0.2, 0.25) is 0 Å². The van der Waals surface area contributed by atoms with Crippen LogP contribution in [0.1, 0.15) is 5.56 Å². The highest BCUT2D eigenvalue weighted by Gasteiger charge is 2.12. The van der Waals surface area contributed by atoms with Crippen molar-refractivity contribution in [1.82, 2.24) is 4.98 Å². The molecular weight excluding hydrogens is 236 g/mol. The van der Waals surface area contributed by atoms with Crippen LogP contribution >= 0.6 is 0 Å². The Balaban J connectivity index is 2.36. The molecule has 3 nitrogen and oxygen atoms in total. The van der Waals surface area contributed by atoms with Crippen molar-refractivity contribution in [2.24, 2.45) is 0 Å². The van der Waals surface area contributed by atoms with Crippen molar-refractivity contribution in [3.05, 3.63) is 47.5 Å². The van der Waals surface area contributed by atoms with E-state index in [2.05, 4.69) is 15.6 Å². The fourth-order valence-corrected chi connectivity index (χ4v) is 1.54.